The summed E-state index contributed by atoms with van der Waals surface area (Å²) in [6.07, 6.45) is 1.50. The maximum Gasteiger partial charge on any atom is 0.274 e. The van der Waals surface area contributed by atoms with Crippen molar-refractivity contribution in [1.82, 2.24) is 4.98 Å². The molecule has 2 aromatic carbocycles. The molecule has 0 atom stereocenters. The summed E-state index contributed by atoms with van der Waals surface area (Å²) in [7, 11) is 0. The van der Waals surface area contributed by atoms with Crippen LogP contribution < -0.4 is 10.6 Å². The molecule has 3 aromatic rings. The quantitative estimate of drug-likeness (QED) is 0.630. The number of benzene rings is 2. The minimum atomic E-state index is -0.488. The zero-order valence-corrected chi connectivity index (χ0v) is 14.3. The van der Waals surface area contributed by atoms with Gasteiger partial charge >= 0.3 is 0 Å². The van der Waals surface area contributed by atoms with Crippen LogP contribution in [0.15, 0.2) is 60.8 Å². The van der Waals surface area contributed by atoms with Crippen LogP contribution in [0.4, 0.5) is 21.5 Å². The molecule has 1 heterocycles. The van der Waals surface area contributed by atoms with Crippen molar-refractivity contribution in [3.05, 3.63) is 82.4 Å². The van der Waals surface area contributed by atoms with Gasteiger partial charge in [0.25, 0.3) is 5.91 Å². The van der Waals surface area contributed by atoms with Crippen LogP contribution in [0.3, 0.4) is 0 Å². The normalized spacial score (nSPS) is 10.4. The van der Waals surface area contributed by atoms with Crippen LogP contribution in [-0.4, -0.2) is 10.9 Å². The van der Waals surface area contributed by atoms with Gasteiger partial charge in [0.1, 0.15) is 11.5 Å². The topological polar surface area (TPSA) is 54.0 Å². The second-order valence-corrected chi connectivity index (χ2v) is 5.99. The van der Waals surface area contributed by atoms with E-state index in [0.29, 0.717) is 22.1 Å². The summed E-state index contributed by atoms with van der Waals surface area (Å²) in [5.74, 6) is -0.836. The molecule has 1 amide bonds. The van der Waals surface area contributed by atoms with Gasteiger partial charge < -0.3 is 10.6 Å². The molecular formula is C18H12Cl2FN3O. The molecule has 25 heavy (non-hydrogen) atoms. The molecule has 0 bridgehead atoms. The standard InChI is InChI=1S/C18H12Cl2FN3O/c19-11-2-1-3-12(8-11)24-18(25)17-7-5-14(10-22-17)23-13-4-6-16(21)15(20)9-13/h1-10,23H,(H,24,25). The van der Waals surface area contributed by atoms with E-state index in [1.54, 1.807) is 42.5 Å². The Morgan fingerprint density at radius 2 is 1.76 bits per heavy atom. The molecule has 4 nitrogen and oxygen atoms in total. The molecular weight excluding hydrogens is 364 g/mol. The fraction of sp³-hybridized carbons (Fsp3) is 0. The fourth-order valence-corrected chi connectivity index (χ4v) is 2.47. The highest BCUT2D eigenvalue weighted by molar-refractivity contribution is 6.31. The first-order valence-electron chi connectivity index (χ1n) is 7.26. The molecule has 0 fully saturated rings. The molecule has 0 aliphatic carbocycles. The number of pyridine rings is 1. The SMILES string of the molecule is O=C(Nc1cccc(Cl)c1)c1ccc(Nc2ccc(F)c(Cl)c2)cn1. The number of hydrogen-bond donors (Lipinski definition) is 2. The number of rotatable bonds is 4. The van der Waals surface area contributed by atoms with E-state index >= 15 is 0 Å². The lowest BCUT2D eigenvalue weighted by molar-refractivity contribution is 0.102. The van der Waals surface area contributed by atoms with Gasteiger partial charge in [0.2, 0.25) is 0 Å². The number of carbonyl (C=O) groups excluding carboxylic acids is 1. The zero-order valence-electron chi connectivity index (χ0n) is 12.8. The van der Waals surface area contributed by atoms with Crippen molar-refractivity contribution < 1.29 is 9.18 Å². The molecule has 2 N–H and O–H groups in total. The Hall–Kier alpha value is -2.63. The summed E-state index contributed by atoms with van der Waals surface area (Å²) in [5, 5.41) is 6.30. The van der Waals surface area contributed by atoms with E-state index in [-0.39, 0.29) is 16.6 Å². The average molecular weight is 376 g/mol. The molecule has 0 saturated carbocycles. The third-order valence-corrected chi connectivity index (χ3v) is 3.81. The number of carbonyl (C=O) groups is 1. The second kappa shape index (κ2) is 7.51. The van der Waals surface area contributed by atoms with Gasteiger partial charge in [-0.1, -0.05) is 29.3 Å². The minimum absolute atomic E-state index is 0.0236. The molecule has 0 radical (unpaired) electrons. The van der Waals surface area contributed by atoms with Crippen LogP contribution in [0.25, 0.3) is 0 Å². The number of hydrogen-bond acceptors (Lipinski definition) is 3. The minimum Gasteiger partial charge on any atom is -0.354 e. The van der Waals surface area contributed by atoms with Gasteiger partial charge in [-0.15, -0.1) is 0 Å². The van der Waals surface area contributed by atoms with E-state index in [2.05, 4.69) is 15.6 Å². The Labute approximate surface area is 153 Å². The first-order chi connectivity index (χ1) is 12.0. The summed E-state index contributed by atoms with van der Waals surface area (Å²) in [4.78, 5) is 16.3. The predicted molar refractivity (Wildman–Crippen MR) is 98.3 cm³/mol. The van der Waals surface area contributed by atoms with Gasteiger partial charge in [-0.3, -0.25) is 4.79 Å². The first kappa shape index (κ1) is 17.2. The highest BCUT2D eigenvalue weighted by Gasteiger charge is 2.08. The molecule has 1 aromatic heterocycles. The highest BCUT2D eigenvalue weighted by Crippen LogP contribution is 2.22. The molecule has 0 unspecified atom stereocenters. The lowest BCUT2D eigenvalue weighted by Crippen LogP contribution is -2.13. The number of halogens is 3. The lowest BCUT2D eigenvalue weighted by atomic mass is 10.2. The van der Waals surface area contributed by atoms with Crippen molar-refractivity contribution in [2.24, 2.45) is 0 Å². The number of nitrogens with one attached hydrogen (secondary N) is 2. The maximum absolute atomic E-state index is 13.2. The third kappa shape index (κ3) is 4.47. The van der Waals surface area contributed by atoms with Gasteiger partial charge in [-0.25, -0.2) is 9.37 Å². The van der Waals surface area contributed by atoms with E-state index in [4.69, 9.17) is 23.2 Å². The van der Waals surface area contributed by atoms with E-state index in [0.717, 1.165) is 0 Å². The summed E-state index contributed by atoms with van der Waals surface area (Å²) < 4.78 is 13.2. The monoisotopic (exact) mass is 375 g/mol. The zero-order chi connectivity index (χ0) is 17.8. The number of amides is 1. The van der Waals surface area contributed by atoms with Crippen molar-refractivity contribution in [2.45, 2.75) is 0 Å². The fourth-order valence-electron chi connectivity index (χ4n) is 2.10. The van der Waals surface area contributed by atoms with Gasteiger partial charge in [0, 0.05) is 16.4 Å². The summed E-state index contributed by atoms with van der Waals surface area (Å²) >= 11 is 11.6. The average Bonchev–Trinajstić information content (AvgIpc) is 2.59. The predicted octanol–water partition coefficient (Wildman–Crippen LogP) is 5.52. The van der Waals surface area contributed by atoms with Crippen LogP contribution in [0, 0.1) is 5.82 Å². The molecule has 7 heteroatoms. The van der Waals surface area contributed by atoms with Crippen molar-refractivity contribution in [2.75, 3.05) is 10.6 Å². The Balaban J connectivity index is 1.69. The van der Waals surface area contributed by atoms with E-state index in [9.17, 15) is 9.18 Å². The first-order valence-corrected chi connectivity index (χ1v) is 8.02. The third-order valence-electron chi connectivity index (χ3n) is 3.29. The molecule has 0 saturated heterocycles. The van der Waals surface area contributed by atoms with Gasteiger partial charge in [-0.2, -0.15) is 0 Å². The number of nitrogens with zero attached hydrogens (tertiary/aromatic N) is 1. The van der Waals surface area contributed by atoms with Gasteiger partial charge in [-0.05, 0) is 48.5 Å². The van der Waals surface area contributed by atoms with Crippen molar-refractivity contribution in [3.8, 4) is 0 Å². The number of aromatic nitrogens is 1. The molecule has 0 spiro atoms. The van der Waals surface area contributed by atoms with Gasteiger partial charge in [0.05, 0.1) is 16.9 Å². The van der Waals surface area contributed by atoms with E-state index < -0.39 is 5.82 Å². The Kier molecular flexibility index (Phi) is 5.16. The summed E-state index contributed by atoms with van der Waals surface area (Å²) in [6.45, 7) is 0. The van der Waals surface area contributed by atoms with Crippen LogP contribution >= 0.6 is 23.2 Å². The van der Waals surface area contributed by atoms with Crippen molar-refractivity contribution in [1.29, 1.82) is 0 Å². The Bertz CT molecular complexity index is 916. The second-order valence-electron chi connectivity index (χ2n) is 5.15. The van der Waals surface area contributed by atoms with Crippen molar-refractivity contribution in [3.63, 3.8) is 0 Å². The molecule has 0 aliphatic heterocycles. The van der Waals surface area contributed by atoms with Crippen LogP contribution in [0.1, 0.15) is 10.5 Å². The Morgan fingerprint density at radius 1 is 0.960 bits per heavy atom. The van der Waals surface area contributed by atoms with Crippen LogP contribution in [0.2, 0.25) is 10.0 Å². The summed E-state index contributed by atoms with van der Waals surface area (Å²) in [6, 6.07) is 14.4. The molecule has 0 aliphatic rings. The smallest absolute Gasteiger partial charge is 0.274 e. The van der Waals surface area contributed by atoms with Crippen LogP contribution in [-0.2, 0) is 0 Å². The lowest BCUT2D eigenvalue weighted by Gasteiger charge is -2.08. The maximum atomic E-state index is 13.2. The Morgan fingerprint density at radius 3 is 2.44 bits per heavy atom. The number of anilines is 3. The highest BCUT2D eigenvalue weighted by atomic mass is 35.5. The van der Waals surface area contributed by atoms with Crippen LogP contribution in [0.5, 0.6) is 0 Å². The van der Waals surface area contributed by atoms with Crippen molar-refractivity contribution >= 4 is 46.2 Å². The summed E-state index contributed by atoms with van der Waals surface area (Å²) in [5.41, 5.74) is 2.09. The molecule has 3 rings (SSSR count). The van der Waals surface area contributed by atoms with E-state index in [1.165, 1.54) is 18.3 Å². The van der Waals surface area contributed by atoms with E-state index in [1.807, 2.05) is 0 Å². The molecule has 126 valence electrons. The largest absolute Gasteiger partial charge is 0.354 e. The van der Waals surface area contributed by atoms with Gasteiger partial charge in [0.15, 0.2) is 0 Å².